The highest BCUT2D eigenvalue weighted by atomic mass is 32.2. The molecule has 6 nitrogen and oxygen atoms in total. The number of carboxylic acid groups (broad SMARTS) is 1. The highest BCUT2D eigenvalue weighted by Gasteiger charge is 2.37. The highest BCUT2D eigenvalue weighted by molar-refractivity contribution is 8.26. The van der Waals surface area contributed by atoms with Gasteiger partial charge in [-0.2, -0.15) is 0 Å². The van der Waals surface area contributed by atoms with E-state index in [0.717, 1.165) is 24.6 Å². The predicted molar refractivity (Wildman–Crippen MR) is 103 cm³/mol. The molecule has 0 bridgehead atoms. The minimum Gasteiger partial charge on any atom is -0.480 e. The molecule has 2 saturated heterocycles. The Balaban J connectivity index is 1.73. The Morgan fingerprint density at radius 1 is 1.37 bits per heavy atom. The lowest BCUT2D eigenvalue weighted by molar-refractivity contribution is -0.152. The van der Waals surface area contributed by atoms with Crippen LogP contribution < -0.4 is 0 Å². The van der Waals surface area contributed by atoms with Crippen molar-refractivity contribution < 1.29 is 23.9 Å². The number of likely N-dealkylation sites (tertiary alicyclic amines) is 1. The molecular weight excluding hydrogens is 391 g/mol. The fourth-order valence-electron chi connectivity index (χ4n) is 3.10. The van der Waals surface area contributed by atoms with E-state index in [1.54, 1.807) is 6.07 Å². The lowest BCUT2D eigenvalue weighted by Gasteiger charge is -2.33. The summed E-state index contributed by atoms with van der Waals surface area (Å²) in [7, 11) is 0. The van der Waals surface area contributed by atoms with Crippen molar-refractivity contribution in [1.82, 2.24) is 9.80 Å². The standard InChI is InChI=1S/C18H17FN2O4S2/c19-12-5-3-4-11(8-12)9-14-16(23)21(18(26)27-14)10-15(22)20-7-2-1-6-13(20)17(24)25/h3-5,8-9,13H,1-2,6-7,10H2,(H,24,25). The van der Waals surface area contributed by atoms with E-state index in [0.29, 0.717) is 23.4 Å². The monoisotopic (exact) mass is 408 g/mol. The van der Waals surface area contributed by atoms with Gasteiger partial charge in [-0.05, 0) is 43.0 Å². The molecule has 0 aromatic heterocycles. The molecule has 2 fully saturated rings. The Kier molecular flexibility index (Phi) is 5.91. The number of halogens is 1. The number of thiocarbonyl (C=S) groups is 1. The molecule has 2 amide bonds. The number of piperidine rings is 1. The van der Waals surface area contributed by atoms with Crippen LogP contribution in [-0.2, 0) is 14.4 Å². The summed E-state index contributed by atoms with van der Waals surface area (Å²) in [5.74, 6) is -2.34. The number of amides is 2. The summed E-state index contributed by atoms with van der Waals surface area (Å²) < 4.78 is 13.5. The van der Waals surface area contributed by atoms with Crippen molar-refractivity contribution in [1.29, 1.82) is 0 Å². The van der Waals surface area contributed by atoms with Gasteiger partial charge in [-0.3, -0.25) is 14.5 Å². The van der Waals surface area contributed by atoms with Crippen LogP contribution in [-0.4, -0.2) is 56.1 Å². The second-order valence-electron chi connectivity index (χ2n) is 6.26. The molecule has 3 rings (SSSR count). The maximum Gasteiger partial charge on any atom is 0.326 e. The van der Waals surface area contributed by atoms with Crippen LogP contribution in [0.5, 0.6) is 0 Å². The third-order valence-electron chi connectivity index (χ3n) is 4.42. The van der Waals surface area contributed by atoms with Crippen molar-refractivity contribution in [3.8, 4) is 0 Å². The van der Waals surface area contributed by atoms with Crippen LogP contribution in [0.25, 0.3) is 6.08 Å². The second-order valence-corrected chi connectivity index (χ2v) is 7.94. The number of benzene rings is 1. The van der Waals surface area contributed by atoms with Crippen molar-refractivity contribution in [2.45, 2.75) is 25.3 Å². The Morgan fingerprint density at radius 3 is 2.85 bits per heavy atom. The SMILES string of the molecule is O=C(O)C1CCCCN1C(=O)CN1C(=O)C(=Cc2cccc(F)c2)SC1=S. The zero-order valence-corrected chi connectivity index (χ0v) is 15.9. The summed E-state index contributed by atoms with van der Waals surface area (Å²) in [6.45, 7) is 0.0542. The van der Waals surface area contributed by atoms with Gasteiger partial charge in [0.25, 0.3) is 5.91 Å². The van der Waals surface area contributed by atoms with E-state index < -0.39 is 29.6 Å². The quantitative estimate of drug-likeness (QED) is 0.609. The predicted octanol–water partition coefficient (Wildman–Crippen LogP) is 2.49. The van der Waals surface area contributed by atoms with Gasteiger partial charge in [-0.1, -0.05) is 36.1 Å². The van der Waals surface area contributed by atoms with Crippen LogP contribution in [0.4, 0.5) is 4.39 Å². The van der Waals surface area contributed by atoms with E-state index in [-0.39, 0.29) is 10.9 Å². The van der Waals surface area contributed by atoms with E-state index in [1.165, 1.54) is 34.1 Å². The van der Waals surface area contributed by atoms with Crippen LogP contribution >= 0.6 is 24.0 Å². The number of carbonyl (C=O) groups excluding carboxylic acids is 2. The highest BCUT2D eigenvalue weighted by Crippen LogP contribution is 2.32. The first-order valence-electron chi connectivity index (χ1n) is 8.40. The minimum atomic E-state index is -1.04. The van der Waals surface area contributed by atoms with Crippen molar-refractivity contribution in [3.05, 3.63) is 40.6 Å². The Hall–Kier alpha value is -2.26. The number of carboxylic acids is 1. The van der Waals surface area contributed by atoms with Gasteiger partial charge in [0, 0.05) is 6.54 Å². The largest absolute Gasteiger partial charge is 0.480 e. The summed E-state index contributed by atoms with van der Waals surface area (Å²) >= 11 is 6.24. The first-order valence-corrected chi connectivity index (χ1v) is 9.62. The molecule has 1 atom stereocenters. The summed E-state index contributed by atoms with van der Waals surface area (Å²) in [6.07, 6.45) is 3.40. The van der Waals surface area contributed by atoms with Crippen LogP contribution in [0.2, 0.25) is 0 Å². The van der Waals surface area contributed by atoms with Crippen LogP contribution in [0.15, 0.2) is 29.2 Å². The number of thioether (sulfide) groups is 1. The van der Waals surface area contributed by atoms with Crippen LogP contribution in [0, 0.1) is 5.82 Å². The van der Waals surface area contributed by atoms with E-state index >= 15 is 0 Å². The number of carbonyl (C=O) groups is 3. The van der Waals surface area contributed by atoms with E-state index in [2.05, 4.69) is 0 Å². The zero-order chi connectivity index (χ0) is 19.6. The molecule has 27 heavy (non-hydrogen) atoms. The van der Waals surface area contributed by atoms with Crippen molar-refractivity contribution in [2.75, 3.05) is 13.1 Å². The van der Waals surface area contributed by atoms with Gasteiger partial charge in [0.15, 0.2) is 0 Å². The van der Waals surface area contributed by atoms with Gasteiger partial charge in [0.1, 0.15) is 22.7 Å². The molecule has 9 heteroatoms. The molecule has 0 aliphatic carbocycles. The maximum atomic E-state index is 13.3. The van der Waals surface area contributed by atoms with Crippen molar-refractivity contribution in [3.63, 3.8) is 0 Å². The average Bonchev–Trinajstić information content (AvgIpc) is 2.89. The smallest absolute Gasteiger partial charge is 0.326 e. The molecule has 0 radical (unpaired) electrons. The Morgan fingerprint density at radius 2 is 2.15 bits per heavy atom. The van der Waals surface area contributed by atoms with E-state index in [9.17, 15) is 23.9 Å². The third kappa shape index (κ3) is 4.36. The average molecular weight is 408 g/mol. The molecule has 2 heterocycles. The van der Waals surface area contributed by atoms with Gasteiger partial charge in [-0.25, -0.2) is 9.18 Å². The van der Waals surface area contributed by atoms with E-state index in [1.807, 2.05) is 0 Å². The summed E-state index contributed by atoms with van der Waals surface area (Å²) in [5.41, 5.74) is 0.517. The molecular formula is C18H17FN2O4S2. The fourth-order valence-corrected chi connectivity index (χ4v) is 4.35. The number of aliphatic carboxylic acids is 1. The van der Waals surface area contributed by atoms with Crippen LogP contribution in [0.3, 0.4) is 0 Å². The topological polar surface area (TPSA) is 77.9 Å². The molecule has 2 aliphatic rings. The van der Waals surface area contributed by atoms with Gasteiger partial charge in [-0.15, -0.1) is 0 Å². The number of rotatable bonds is 4. The molecule has 142 valence electrons. The third-order valence-corrected chi connectivity index (χ3v) is 5.80. The molecule has 1 aromatic carbocycles. The molecule has 1 aromatic rings. The molecule has 1 unspecified atom stereocenters. The van der Waals surface area contributed by atoms with Gasteiger partial charge in [0.2, 0.25) is 5.91 Å². The van der Waals surface area contributed by atoms with Gasteiger partial charge < -0.3 is 10.0 Å². The molecule has 0 spiro atoms. The lowest BCUT2D eigenvalue weighted by Crippen LogP contribution is -2.51. The lowest BCUT2D eigenvalue weighted by atomic mass is 10.0. The molecule has 2 aliphatic heterocycles. The van der Waals surface area contributed by atoms with Gasteiger partial charge in [0.05, 0.1) is 4.91 Å². The van der Waals surface area contributed by atoms with Crippen molar-refractivity contribution in [2.24, 2.45) is 0 Å². The Bertz CT molecular complexity index is 842. The second kappa shape index (κ2) is 8.18. The molecule has 1 N–H and O–H groups in total. The number of hydrogen-bond donors (Lipinski definition) is 1. The number of hydrogen-bond acceptors (Lipinski definition) is 5. The normalized spacial score (nSPS) is 21.8. The van der Waals surface area contributed by atoms with E-state index in [4.69, 9.17) is 12.2 Å². The Labute approximate surface area is 165 Å². The van der Waals surface area contributed by atoms with Gasteiger partial charge >= 0.3 is 5.97 Å². The first-order chi connectivity index (χ1) is 12.9. The number of nitrogens with zero attached hydrogens (tertiary/aromatic N) is 2. The zero-order valence-electron chi connectivity index (χ0n) is 14.3. The fraction of sp³-hybridized carbons (Fsp3) is 0.333. The summed E-state index contributed by atoms with van der Waals surface area (Å²) in [6, 6.07) is 4.92. The maximum absolute atomic E-state index is 13.3. The molecule has 0 saturated carbocycles. The van der Waals surface area contributed by atoms with Crippen LogP contribution in [0.1, 0.15) is 24.8 Å². The first kappa shape index (κ1) is 19.5. The summed E-state index contributed by atoms with van der Waals surface area (Å²) in [4.78, 5) is 39.4. The summed E-state index contributed by atoms with van der Waals surface area (Å²) in [5, 5.41) is 9.31. The van der Waals surface area contributed by atoms with Crippen molar-refractivity contribution >= 4 is 52.2 Å². The minimum absolute atomic E-state index is 0.222.